The van der Waals surface area contributed by atoms with Gasteiger partial charge in [0.1, 0.15) is 0 Å². The number of hydrogen-bond donors (Lipinski definition) is 1. The van der Waals surface area contributed by atoms with Crippen molar-refractivity contribution in [2.45, 2.75) is 20.4 Å². The van der Waals surface area contributed by atoms with Crippen LogP contribution in [0.15, 0.2) is 12.4 Å². The maximum Gasteiger partial charge on any atom is 0.0955 e. The van der Waals surface area contributed by atoms with Crippen molar-refractivity contribution in [2.24, 2.45) is 0 Å². The molecule has 0 bridgehead atoms. The van der Waals surface area contributed by atoms with Crippen molar-refractivity contribution in [3.05, 3.63) is 23.7 Å². The van der Waals surface area contributed by atoms with Gasteiger partial charge in [-0.3, -0.25) is 0 Å². The highest BCUT2D eigenvalue weighted by Gasteiger charge is 2.03. The van der Waals surface area contributed by atoms with E-state index in [0.717, 1.165) is 17.8 Å². The molecule has 1 aromatic rings. The standard InChI is InChI=1S/C6H6N4.C2H6/c1-2-7-3-5-4-8-10-9-6(1)5;1-2/h1-2,4,7H,3H2;1-2H3. The lowest BCUT2D eigenvalue weighted by atomic mass is 10.2. The molecule has 0 atom stereocenters. The maximum absolute atomic E-state index is 3.83. The lowest BCUT2D eigenvalue weighted by Gasteiger charge is -2.07. The second kappa shape index (κ2) is 4.43. The molecule has 0 radical (unpaired) electrons. The predicted octanol–water partition coefficient (Wildman–Crippen LogP) is 0.972. The third-order valence-electron chi connectivity index (χ3n) is 1.40. The minimum absolute atomic E-state index is 0.800. The molecule has 0 fully saturated rings. The fraction of sp³-hybridized carbons (Fsp3) is 0.375. The van der Waals surface area contributed by atoms with Crippen molar-refractivity contribution in [3.8, 4) is 0 Å². The predicted molar refractivity (Wildman–Crippen MR) is 47.0 cm³/mol. The summed E-state index contributed by atoms with van der Waals surface area (Å²) in [6.45, 7) is 4.80. The van der Waals surface area contributed by atoms with Crippen molar-refractivity contribution < 1.29 is 0 Å². The van der Waals surface area contributed by atoms with Crippen LogP contribution in [0.1, 0.15) is 25.1 Å². The first-order valence-electron chi connectivity index (χ1n) is 4.04. The van der Waals surface area contributed by atoms with E-state index in [0.29, 0.717) is 0 Å². The molecule has 0 spiro atoms. The smallest absolute Gasteiger partial charge is 0.0955 e. The summed E-state index contributed by atoms with van der Waals surface area (Å²) in [4.78, 5) is 0. The van der Waals surface area contributed by atoms with E-state index < -0.39 is 0 Å². The topological polar surface area (TPSA) is 50.7 Å². The first kappa shape index (κ1) is 8.64. The third kappa shape index (κ3) is 1.78. The summed E-state index contributed by atoms with van der Waals surface area (Å²) in [6.07, 6.45) is 5.46. The molecule has 0 saturated carbocycles. The van der Waals surface area contributed by atoms with Crippen LogP contribution in [0.2, 0.25) is 0 Å². The molecule has 1 aromatic heterocycles. The minimum Gasteiger partial charge on any atom is -0.387 e. The highest BCUT2D eigenvalue weighted by Crippen LogP contribution is 2.07. The van der Waals surface area contributed by atoms with Crippen molar-refractivity contribution in [3.63, 3.8) is 0 Å². The van der Waals surface area contributed by atoms with Crippen molar-refractivity contribution in [1.82, 2.24) is 20.7 Å². The highest BCUT2D eigenvalue weighted by molar-refractivity contribution is 5.49. The summed E-state index contributed by atoms with van der Waals surface area (Å²) >= 11 is 0. The lowest BCUT2D eigenvalue weighted by Crippen LogP contribution is -2.12. The van der Waals surface area contributed by atoms with Crippen molar-refractivity contribution in [2.75, 3.05) is 0 Å². The summed E-state index contributed by atoms with van der Waals surface area (Å²) in [6, 6.07) is 0. The molecule has 1 aliphatic heterocycles. The van der Waals surface area contributed by atoms with Crippen LogP contribution in [0.4, 0.5) is 0 Å². The molecule has 0 aromatic carbocycles. The fourth-order valence-electron chi connectivity index (χ4n) is 0.883. The van der Waals surface area contributed by atoms with Crippen LogP contribution in [0.5, 0.6) is 0 Å². The Kier molecular flexibility index (Phi) is 3.19. The average Bonchev–Trinajstić information content (AvgIpc) is 2.21. The summed E-state index contributed by atoms with van der Waals surface area (Å²) < 4.78 is 0. The second-order valence-corrected chi connectivity index (χ2v) is 2.06. The Morgan fingerprint density at radius 3 is 3.00 bits per heavy atom. The number of fused-ring (bicyclic) bond motifs is 1. The van der Waals surface area contributed by atoms with Crippen LogP contribution in [-0.2, 0) is 6.54 Å². The van der Waals surface area contributed by atoms with E-state index in [1.54, 1.807) is 6.20 Å². The van der Waals surface area contributed by atoms with Crippen molar-refractivity contribution >= 4 is 6.08 Å². The monoisotopic (exact) mass is 164 g/mol. The number of nitrogens with one attached hydrogen (secondary N) is 1. The molecule has 2 rings (SSSR count). The van der Waals surface area contributed by atoms with Gasteiger partial charge < -0.3 is 5.32 Å². The molecule has 64 valence electrons. The maximum atomic E-state index is 3.83. The fourth-order valence-corrected chi connectivity index (χ4v) is 0.883. The molecular formula is C8H12N4. The molecule has 0 saturated heterocycles. The van der Waals surface area contributed by atoms with Gasteiger partial charge in [0.25, 0.3) is 0 Å². The SMILES string of the molecule is C1=Cc2nnncc2CN1.CC. The molecule has 4 nitrogen and oxygen atoms in total. The zero-order chi connectivity index (χ0) is 8.81. The molecule has 0 amide bonds. The van der Waals surface area contributed by atoms with E-state index in [4.69, 9.17) is 0 Å². The van der Waals surface area contributed by atoms with Gasteiger partial charge in [-0.25, -0.2) is 0 Å². The molecule has 2 heterocycles. The van der Waals surface area contributed by atoms with Crippen LogP contribution in [0.3, 0.4) is 0 Å². The summed E-state index contributed by atoms with van der Waals surface area (Å²) in [5.41, 5.74) is 2.01. The normalized spacial score (nSPS) is 12.2. The van der Waals surface area contributed by atoms with Gasteiger partial charge in [0, 0.05) is 12.1 Å². The quantitative estimate of drug-likeness (QED) is 0.620. The Hall–Kier alpha value is -1.45. The summed E-state index contributed by atoms with van der Waals surface area (Å²) in [5, 5.41) is 14.1. The summed E-state index contributed by atoms with van der Waals surface area (Å²) in [5.74, 6) is 0. The van der Waals surface area contributed by atoms with Gasteiger partial charge in [-0.15, -0.1) is 10.2 Å². The lowest BCUT2D eigenvalue weighted by molar-refractivity contribution is 0.778. The molecule has 0 aliphatic carbocycles. The van der Waals surface area contributed by atoms with Gasteiger partial charge in [0.15, 0.2) is 0 Å². The van der Waals surface area contributed by atoms with E-state index in [2.05, 4.69) is 20.7 Å². The number of nitrogens with zero attached hydrogens (tertiary/aromatic N) is 3. The van der Waals surface area contributed by atoms with Gasteiger partial charge in [-0.2, -0.15) is 0 Å². The molecule has 1 aliphatic rings. The Morgan fingerprint density at radius 1 is 1.42 bits per heavy atom. The van der Waals surface area contributed by atoms with E-state index in [1.165, 1.54) is 0 Å². The van der Waals surface area contributed by atoms with Crippen LogP contribution in [-0.4, -0.2) is 15.4 Å². The molecule has 4 heteroatoms. The highest BCUT2D eigenvalue weighted by atomic mass is 15.3. The van der Waals surface area contributed by atoms with Crippen LogP contribution >= 0.6 is 0 Å². The molecular weight excluding hydrogens is 152 g/mol. The van der Waals surface area contributed by atoms with Gasteiger partial charge in [0.2, 0.25) is 0 Å². The minimum atomic E-state index is 0.800. The van der Waals surface area contributed by atoms with Crippen LogP contribution in [0.25, 0.3) is 6.08 Å². The Bertz CT molecular complexity index is 270. The zero-order valence-electron chi connectivity index (χ0n) is 7.28. The largest absolute Gasteiger partial charge is 0.387 e. The van der Waals surface area contributed by atoms with Crippen LogP contribution in [0, 0.1) is 0 Å². The van der Waals surface area contributed by atoms with Gasteiger partial charge in [0.05, 0.1) is 11.9 Å². The van der Waals surface area contributed by atoms with E-state index in [9.17, 15) is 0 Å². The summed E-state index contributed by atoms with van der Waals surface area (Å²) in [7, 11) is 0. The van der Waals surface area contributed by atoms with Crippen molar-refractivity contribution in [1.29, 1.82) is 0 Å². The second-order valence-electron chi connectivity index (χ2n) is 2.06. The Balaban J connectivity index is 0.000000336. The average molecular weight is 164 g/mol. The van der Waals surface area contributed by atoms with Gasteiger partial charge in [-0.1, -0.05) is 13.8 Å². The van der Waals surface area contributed by atoms with Gasteiger partial charge in [-0.05, 0) is 17.5 Å². The molecule has 12 heavy (non-hydrogen) atoms. The zero-order valence-corrected chi connectivity index (χ0v) is 7.28. The molecule has 1 N–H and O–H groups in total. The van der Waals surface area contributed by atoms with E-state index in [1.807, 2.05) is 26.1 Å². The number of rotatable bonds is 0. The van der Waals surface area contributed by atoms with Gasteiger partial charge >= 0.3 is 0 Å². The third-order valence-corrected chi connectivity index (χ3v) is 1.40. The van der Waals surface area contributed by atoms with E-state index in [-0.39, 0.29) is 0 Å². The van der Waals surface area contributed by atoms with E-state index >= 15 is 0 Å². The first-order valence-corrected chi connectivity index (χ1v) is 4.04. The Morgan fingerprint density at radius 2 is 2.25 bits per heavy atom. The number of hydrogen-bond acceptors (Lipinski definition) is 4. The Labute approximate surface area is 71.7 Å². The number of aromatic nitrogens is 3. The van der Waals surface area contributed by atoms with Crippen LogP contribution < -0.4 is 5.32 Å². The molecule has 0 unspecified atom stereocenters. The first-order chi connectivity index (χ1) is 5.97.